The van der Waals surface area contributed by atoms with E-state index in [9.17, 15) is 14.9 Å². The van der Waals surface area contributed by atoms with Gasteiger partial charge in [-0.1, -0.05) is 42.8 Å². The molecule has 2 aromatic carbocycles. The molecule has 0 saturated heterocycles. The molecule has 0 amide bonds. The van der Waals surface area contributed by atoms with E-state index in [0.29, 0.717) is 16.4 Å². The van der Waals surface area contributed by atoms with Crippen molar-refractivity contribution in [3.05, 3.63) is 72.1 Å². The minimum Gasteiger partial charge on any atom is -0.353 e. The third-order valence-electron chi connectivity index (χ3n) is 6.07. The summed E-state index contributed by atoms with van der Waals surface area (Å²) in [5.41, 5.74) is 4.88. The molecule has 0 unspecified atom stereocenters. The van der Waals surface area contributed by atoms with Gasteiger partial charge in [-0.25, -0.2) is 9.98 Å². The second-order valence-electron chi connectivity index (χ2n) is 9.37. The molecule has 168 valence electrons. The Morgan fingerprint density at radius 3 is 2.67 bits per heavy atom. The fourth-order valence-electron chi connectivity index (χ4n) is 4.37. The zero-order valence-electron chi connectivity index (χ0n) is 18.5. The highest BCUT2D eigenvalue weighted by molar-refractivity contribution is 9.10. The van der Waals surface area contributed by atoms with Crippen LogP contribution in [0.5, 0.6) is 0 Å². The zero-order chi connectivity index (χ0) is 23.5. The third kappa shape index (κ3) is 3.76. The first kappa shape index (κ1) is 21.5. The first-order chi connectivity index (χ1) is 15.6. The standard InChI is InChI=1S/C24H22BrN5O3/c1-24(2,3)12-7-8-16-15(9-12)14-5-4-6-17(20(14)26-16)27-22-23(31)29-21-18(28-22)10-13(25)11-19(21)30(32)33/h7-11,26H,4-6H2,1-3H3,(H,29,31). The highest BCUT2D eigenvalue weighted by atomic mass is 79.9. The minimum absolute atomic E-state index is 0.00761. The average molecular weight is 508 g/mol. The van der Waals surface area contributed by atoms with E-state index in [1.807, 2.05) is 0 Å². The Morgan fingerprint density at radius 1 is 1.15 bits per heavy atom. The number of hydrogen-bond donors (Lipinski definition) is 2. The summed E-state index contributed by atoms with van der Waals surface area (Å²) >= 11 is 3.28. The van der Waals surface area contributed by atoms with E-state index in [4.69, 9.17) is 0 Å². The average Bonchev–Trinajstić information content (AvgIpc) is 3.12. The normalized spacial score (nSPS) is 15.3. The van der Waals surface area contributed by atoms with Crippen LogP contribution in [-0.4, -0.2) is 25.6 Å². The van der Waals surface area contributed by atoms with Gasteiger partial charge in [0.15, 0.2) is 0 Å². The topological polar surface area (TPSA) is 117 Å². The second kappa shape index (κ2) is 7.62. The third-order valence-corrected chi connectivity index (χ3v) is 6.53. The maximum atomic E-state index is 12.7. The van der Waals surface area contributed by atoms with E-state index in [2.05, 4.69) is 74.8 Å². The van der Waals surface area contributed by atoms with Gasteiger partial charge in [-0.15, -0.1) is 0 Å². The molecule has 2 heterocycles. The van der Waals surface area contributed by atoms with Crippen molar-refractivity contribution < 1.29 is 4.92 Å². The number of aromatic amines is 2. The Balaban J connectivity index is 1.66. The number of hydrogen-bond acceptors (Lipinski definition) is 5. The zero-order valence-corrected chi connectivity index (χ0v) is 20.0. The lowest BCUT2D eigenvalue weighted by Gasteiger charge is -2.19. The number of H-pyrrole nitrogens is 2. The molecule has 0 saturated carbocycles. The van der Waals surface area contributed by atoms with Gasteiger partial charge in [0.25, 0.3) is 11.2 Å². The maximum Gasteiger partial charge on any atom is 0.296 e. The van der Waals surface area contributed by atoms with Crippen molar-refractivity contribution in [1.82, 2.24) is 15.0 Å². The molecule has 1 aliphatic rings. The van der Waals surface area contributed by atoms with Gasteiger partial charge < -0.3 is 9.97 Å². The molecule has 8 nitrogen and oxygen atoms in total. The fraction of sp³-hybridized carbons (Fsp3) is 0.292. The Hall–Kier alpha value is -3.33. The quantitative estimate of drug-likeness (QED) is 0.262. The van der Waals surface area contributed by atoms with Crippen molar-refractivity contribution in [3.8, 4) is 0 Å². The molecular formula is C24H22BrN5O3. The molecule has 9 heteroatoms. The van der Waals surface area contributed by atoms with Crippen LogP contribution in [0.2, 0.25) is 0 Å². The molecule has 0 atom stereocenters. The number of rotatable bonds is 2. The number of benzene rings is 2. The van der Waals surface area contributed by atoms with Crippen LogP contribution in [-0.2, 0) is 11.8 Å². The summed E-state index contributed by atoms with van der Waals surface area (Å²) in [6, 6.07) is 9.46. The van der Waals surface area contributed by atoms with E-state index in [0.717, 1.165) is 29.8 Å². The van der Waals surface area contributed by atoms with Crippen molar-refractivity contribution in [2.75, 3.05) is 0 Å². The molecule has 5 rings (SSSR count). The number of nitro groups is 1. The van der Waals surface area contributed by atoms with Crippen molar-refractivity contribution in [2.45, 2.75) is 45.4 Å². The Morgan fingerprint density at radius 2 is 1.94 bits per heavy atom. The molecule has 0 radical (unpaired) electrons. The van der Waals surface area contributed by atoms with E-state index < -0.39 is 10.5 Å². The van der Waals surface area contributed by atoms with Crippen LogP contribution in [0.4, 0.5) is 11.5 Å². The van der Waals surface area contributed by atoms with Crippen LogP contribution in [0, 0.1) is 10.1 Å². The Bertz CT molecular complexity index is 1540. The smallest absolute Gasteiger partial charge is 0.296 e. The van der Waals surface area contributed by atoms with Crippen molar-refractivity contribution >= 4 is 55.1 Å². The summed E-state index contributed by atoms with van der Waals surface area (Å²) < 4.78 is 0.505. The summed E-state index contributed by atoms with van der Waals surface area (Å²) in [5.74, 6) is -0.00761. The first-order valence-electron chi connectivity index (χ1n) is 10.7. The maximum absolute atomic E-state index is 12.7. The number of aryl methyl sites for hydroxylation is 1. The number of nitrogens with one attached hydrogen (secondary N) is 2. The molecule has 0 aliphatic heterocycles. The van der Waals surface area contributed by atoms with Gasteiger partial charge in [0.1, 0.15) is 5.52 Å². The van der Waals surface area contributed by atoms with Crippen LogP contribution in [0.3, 0.4) is 0 Å². The summed E-state index contributed by atoms with van der Waals surface area (Å²) in [5, 5.41) is 12.6. The summed E-state index contributed by atoms with van der Waals surface area (Å²) in [7, 11) is 0. The van der Waals surface area contributed by atoms with Crippen LogP contribution in [0.15, 0.2) is 44.6 Å². The highest BCUT2D eigenvalue weighted by Gasteiger charge is 2.24. The monoisotopic (exact) mass is 507 g/mol. The van der Waals surface area contributed by atoms with E-state index in [1.165, 1.54) is 22.6 Å². The molecule has 33 heavy (non-hydrogen) atoms. The lowest BCUT2D eigenvalue weighted by Crippen LogP contribution is -2.14. The lowest BCUT2D eigenvalue weighted by atomic mass is 9.85. The number of non-ortho nitro benzene ring substituents is 1. The van der Waals surface area contributed by atoms with Crippen LogP contribution >= 0.6 is 15.9 Å². The van der Waals surface area contributed by atoms with Crippen LogP contribution in [0.25, 0.3) is 21.9 Å². The van der Waals surface area contributed by atoms with Gasteiger partial charge in [-0.3, -0.25) is 14.9 Å². The first-order valence-corrected chi connectivity index (χ1v) is 11.5. The summed E-state index contributed by atoms with van der Waals surface area (Å²) in [4.78, 5) is 38.7. The van der Waals surface area contributed by atoms with Gasteiger partial charge in [-0.05, 0) is 54.0 Å². The van der Waals surface area contributed by atoms with Crippen molar-refractivity contribution in [2.24, 2.45) is 4.99 Å². The largest absolute Gasteiger partial charge is 0.353 e. The predicted octanol–water partition coefficient (Wildman–Crippen LogP) is 5.83. The lowest BCUT2D eigenvalue weighted by molar-refractivity contribution is -0.383. The number of nitro benzene ring substituents is 1. The second-order valence-corrected chi connectivity index (χ2v) is 10.3. The van der Waals surface area contributed by atoms with Gasteiger partial charge in [0.2, 0.25) is 5.82 Å². The summed E-state index contributed by atoms with van der Waals surface area (Å²) in [6.45, 7) is 6.58. The minimum atomic E-state index is -0.557. The van der Waals surface area contributed by atoms with Gasteiger partial charge in [0, 0.05) is 21.4 Å². The highest BCUT2D eigenvalue weighted by Crippen LogP contribution is 2.34. The van der Waals surface area contributed by atoms with E-state index >= 15 is 0 Å². The number of aliphatic imine (C=N–C) groups is 1. The molecule has 4 aromatic rings. The van der Waals surface area contributed by atoms with Gasteiger partial charge in [0.05, 0.1) is 21.8 Å². The fourth-order valence-corrected chi connectivity index (χ4v) is 4.80. The summed E-state index contributed by atoms with van der Waals surface area (Å²) in [6.07, 6.45) is 2.56. The van der Waals surface area contributed by atoms with Crippen LogP contribution < -0.4 is 5.56 Å². The SMILES string of the molecule is CC(C)(C)c1ccc2[nH]c3c(c2c1)CCCC3=Nc1nc2cc(Br)cc([N+](=O)[O-])c2[nH]c1=O. The van der Waals surface area contributed by atoms with Gasteiger partial charge in [-0.2, -0.15) is 0 Å². The number of fused-ring (bicyclic) bond motifs is 4. The molecule has 1 aliphatic carbocycles. The Labute approximate surface area is 197 Å². The van der Waals surface area contributed by atoms with Crippen molar-refractivity contribution in [3.63, 3.8) is 0 Å². The number of aromatic nitrogens is 3. The van der Waals surface area contributed by atoms with Crippen LogP contribution in [0.1, 0.15) is 50.4 Å². The van der Waals surface area contributed by atoms with E-state index in [1.54, 1.807) is 6.07 Å². The molecule has 2 aromatic heterocycles. The van der Waals surface area contributed by atoms with E-state index in [-0.39, 0.29) is 22.4 Å². The number of halogens is 1. The molecule has 0 bridgehead atoms. The predicted molar refractivity (Wildman–Crippen MR) is 133 cm³/mol. The molecule has 0 spiro atoms. The molecule has 0 fully saturated rings. The molecular weight excluding hydrogens is 486 g/mol. The molecule has 2 N–H and O–H groups in total. The Kier molecular flexibility index (Phi) is 4.97. The number of nitrogens with zero attached hydrogens (tertiary/aromatic N) is 3. The van der Waals surface area contributed by atoms with Crippen molar-refractivity contribution in [1.29, 1.82) is 0 Å². The van der Waals surface area contributed by atoms with Gasteiger partial charge >= 0.3 is 0 Å².